The predicted molar refractivity (Wildman–Crippen MR) is 107 cm³/mol. The number of ketones is 1. The standard InChI is InChI=1S/C7H12O2.C7H12O.C4H6O.C3H5.BrH.Mg/c8-7(2-1-3-7)4-6-5-9-6;1-2-4-7(8)5-3-6-7;5-4-2-1-3-4;1-3-2;;/h6,8H,1-5H2;2,8H,1,3-6H2;1-3H2;3H,1-2H2;1H;/q;;;-1;;+2/p-1. The smallest absolute Gasteiger partial charge is 1.00 e. The van der Waals surface area contributed by atoms with Gasteiger partial charge in [-0.3, -0.25) is 4.79 Å². The molecule has 1 heterocycles. The van der Waals surface area contributed by atoms with E-state index >= 15 is 0 Å². The van der Waals surface area contributed by atoms with Gasteiger partial charge in [0.25, 0.3) is 0 Å². The van der Waals surface area contributed by atoms with Crippen LogP contribution in [0.25, 0.3) is 0 Å². The number of aliphatic hydroxyl groups is 2. The molecule has 1 atom stereocenters. The molecule has 0 spiro atoms. The number of hydrogen-bond acceptors (Lipinski definition) is 4. The zero-order valence-electron chi connectivity index (χ0n) is 16.6. The minimum Gasteiger partial charge on any atom is -1.00 e. The summed E-state index contributed by atoms with van der Waals surface area (Å²) < 4.78 is 5.02. The molecule has 0 aromatic rings. The van der Waals surface area contributed by atoms with Crippen molar-refractivity contribution in [1.82, 2.24) is 0 Å². The normalized spacial score (nSPS) is 24.2. The topological polar surface area (TPSA) is 70.1 Å². The van der Waals surface area contributed by atoms with Crippen LogP contribution in [0.15, 0.2) is 25.3 Å². The molecule has 4 nitrogen and oxygen atoms in total. The van der Waals surface area contributed by atoms with Gasteiger partial charge in [0.15, 0.2) is 0 Å². The van der Waals surface area contributed by atoms with Crippen molar-refractivity contribution >= 4 is 28.8 Å². The van der Waals surface area contributed by atoms with Gasteiger partial charge in [-0.1, -0.05) is 6.08 Å². The molecule has 0 aromatic heterocycles. The van der Waals surface area contributed by atoms with Gasteiger partial charge in [-0.25, -0.2) is 19.6 Å². The molecule has 0 amide bonds. The Morgan fingerprint density at radius 3 is 1.63 bits per heavy atom. The molecule has 6 heteroatoms. The number of Topliss-reactive ketones (excluding diaryl/α,β-unsaturated/α-hetero) is 1. The summed E-state index contributed by atoms with van der Waals surface area (Å²) in [7, 11) is 0. The molecule has 1 saturated heterocycles. The molecule has 4 rings (SSSR count). The van der Waals surface area contributed by atoms with E-state index in [2.05, 4.69) is 20.1 Å². The summed E-state index contributed by atoms with van der Waals surface area (Å²) in [4.78, 5) is 9.90. The number of hydrogen-bond donors (Lipinski definition) is 2. The average molecular weight is 456 g/mol. The van der Waals surface area contributed by atoms with Gasteiger partial charge >= 0.3 is 23.1 Å². The van der Waals surface area contributed by atoms with Crippen molar-refractivity contribution in [2.45, 2.75) is 87.9 Å². The number of allylic oxidation sites excluding steroid dienone is 1. The van der Waals surface area contributed by atoms with Crippen molar-refractivity contribution in [2.75, 3.05) is 6.61 Å². The van der Waals surface area contributed by atoms with E-state index in [4.69, 9.17) is 4.74 Å². The maximum Gasteiger partial charge on any atom is 2.00 e. The second kappa shape index (κ2) is 15.0. The van der Waals surface area contributed by atoms with Gasteiger partial charge in [-0.2, -0.15) is 0 Å². The van der Waals surface area contributed by atoms with Gasteiger partial charge in [-0.05, 0) is 51.4 Å². The van der Waals surface area contributed by atoms with Gasteiger partial charge in [0.1, 0.15) is 5.78 Å². The van der Waals surface area contributed by atoms with E-state index in [9.17, 15) is 15.0 Å². The van der Waals surface area contributed by atoms with Crippen LogP contribution in [0.1, 0.15) is 70.6 Å². The first-order valence-electron chi connectivity index (χ1n) is 9.45. The molecule has 1 aliphatic heterocycles. The molecule has 3 aliphatic carbocycles. The van der Waals surface area contributed by atoms with Crippen LogP contribution in [-0.4, -0.2) is 63.0 Å². The molecule has 4 fully saturated rings. The van der Waals surface area contributed by atoms with E-state index in [-0.39, 0.29) is 51.2 Å². The largest absolute Gasteiger partial charge is 2.00 e. The maximum absolute atomic E-state index is 9.90. The molecule has 1 unspecified atom stereocenters. The Morgan fingerprint density at radius 2 is 1.48 bits per heavy atom. The Labute approximate surface area is 191 Å². The molecular formula is C21H35BrMgO4. The first-order chi connectivity index (χ1) is 11.9. The quantitative estimate of drug-likeness (QED) is 0.281. The molecular weight excluding hydrogens is 420 g/mol. The number of epoxide rings is 1. The zero-order valence-corrected chi connectivity index (χ0v) is 19.6. The number of ether oxygens (including phenoxy) is 1. The first-order valence-corrected chi connectivity index (χ1v) is 9.45. The van der Waals surface area contributed by atoms with Crippen molar-refractivity contribution < 1.29 is 36.7 Å². The third-order valence-corrected chi connectivity index (χ3v) is 5.01. The van der Waals surface area contributed by atoms with Crippen LogP contribution in [0.4, 0.5) is 0 Å². The van der Waals surface area contributed by atoms with Gasteiger partial charge in [0.05, 0.1) is 23.9 Å². The van der Waals surface area contributed by atoms with Crippen LogP contribution in [0.5, 0.6) is 0 Å². The number of carbonyl (C=O) groups excluding carboxylic acids is 1. The van der Waals surface area contributed by atoms with Gasteiger partial charge < -0.3 is 31.9 Å². The molecule has 0 radical (unpaired) electrons. The molecule has 0 bridgehead atoms. The second-order valence-corrected chi connectivity index (χ2v) is 7.49. The molecule has 3 saturated carbocycles. The number of rotatable bonds is 4. The second-order valence-electron chi connectivity index (χ2n) is 7.49. The number of halogens is 1. The fourth-order valence-electron chi connectivity index (χ4n) is 2.78. The minimum atomic E-state index is -0.345. The van der Waals surface area contributed by atoms with Crippen molar-refractivity contribution in [3.63, 3.8) is 0 Å². The van der Waals surface area contributed by atoms with Crippen molar-refractivity contribution in [2.24, 2.45) is 0 Å². The van der Waals surface area contributed by atoms with Crippen LogP contribution in [0.2, 0.25) is 0 Å². The van der Waals surface area contributed by atoms with E-state index in [1.54, 1.807) is 6.08 Å². The van der Waals surface area contributed by atoms with Gasteiger partial charge in [0, 0.05) is 19.3 Å². The Hall–Kier alpha value is 0.146. The summed E-state index contributed by atoms with van der Waals surface area (Å²) in [6, 6.07) is 0. The third-order valence-electron chi connectivity index (χ3n) is 5.01. The molecule has 152 valence electrons. The van der Waals surface area contributed by atoms with Crippen molar-refractivity contribution in [3.05, 3.63) is 32.2 Å². The van der Waals surface area contributed by atoms with Gasteiger partial charge in [-0.15, -0.1) is 6.58 Å². The Bertz CT molecular complexity index is 424. The number of carbonyl (C=O) groups is 1. The summed E-state index contributed by atoms with van der Waals surface area (Å²) in [5, 5.41) is 18.9. The minimum absolute atomic E-state index is 0. The van der Waals surface area contributed by atoms with E-state index in [1.807, 2.05) is 0 Å². The first kappa shape index (κ1) is 29.3. The average Bonchev–Trinajstić information content (AvgIpc) is 3.28. The predicted octanol–water partition coefficient (Wildman–Crippen LogP) is 0.537. The molecule has 2 N–H and O–H groups in total. The Balaban J connectivity index is 0. The summed E-state index contributed by atoms with van der Waals surface area (Å²) in [6.45, 7) is 10.9. The van der Waals surface area contributed by atoms with Crippen LogP contribution >= 0.6 is 0 Å². The zero-order chi connectivity index (χ0) is 18.8. The monoisotopic (exact) mass is 454 g/mol. The van der Waals surface area contributed by atoms with E-state index in [1.165, 1.54) is 18.9 Å². The van der Waals surface area contributed by atoms with E-state index in [0.717, 1.165) is 64.4 Å². The fourth-order valence-corrected chi connectivity index (χ4v) is 2.78. The van der Waals surface area contributed by atoms with Crippen LogP contribution in [-0.2, 0) is 9.53 Å². The SMILES string of the molecule is C=CCC1(O)CCC1.C=C[CH2-].O=C1CCC1.OC1(CC2CO2)CCC1.[Br-].[Mg+2]. The van der Waals surface area contributed by atoms with Gasteiger partial charge in [0.2, 0.25) is 0 Å². The van der Waals surface area contributed by atoms with Crippen LogP contribution < -0.4 is 17.0 Å². The summed E-state index contributed by atoms with van der Waals surface area (Å²) in [6.07, 6.45) is 14.5. The summed E-state index contributed by atoms with van der Waals surface area (Å²) in [5.41, 5.74) is -0.664. The molecule has 27 heavy (non-hydrogen) atoms. The third kappa shape index (κ3) is 13.1. The van der Waals surface area contributed by atoms with Crippen molar-refractivity contribution in [1.29, 1.82) is 0 Å². The van der Waals surface area contributed by atoms with Crippen LogP contribution in [0, 0.1) is 6.92 Å². The van der Waals surface area contributed by atoms with Crippen LogP contribution in [0.3, 0.4) is 0 Å². The van der Waals surface area contributed by atoms with E-state index in [0.29, 0.717) is 11.9 Å². The summed E-state index contributed by atoms with van der Waals surface area (Å²) in [5.74, 6) is 0.435. The molecule has 0 aromatic carbocycles. The summed E-state index contributed by atoms with van der Waals surface area (Å²) >= 11 is 0. The van der Waals surface area contributed by atoms with Crippen molar-refractivity contribution in [3.8, 4) is 0 Å². The maximum atomic E-state index is 9.90. The fraction of sp³-hybridized carbons (Fsp3) is 0.714. The van der Waals surface area contributed by atoms with E-state index < -0.39 is 0 Å². The Kier molecular flexibility index (Phi) is 16.4. The Morgan fingerprint density at radius 1 is 1.07 bits per heavy atom. The molecule has 4 aliphatic rings.